The van der Waals surface area contributed by atoms with E-state index in [0.717, 1.165) is 31.7 Å². The molecule has 0 spiro atoms. The molecule has 88 valence electrons. The lowest BCUT2D eigenvalue weighted by atomic mass is 10.1. The highest BCUT2D eigenvalue weighted by Crippen LogP contribution is 2.24. The van der Waals surface area contributed by atoms with E-state index in [0.29, 0.717) is 0 Å². The molecule has 0 fully saturated rings. The van der Waals surface area contributed by atoms with E-state index >= 15 is 0 Å². The second-order valence-electron chi connectivity index (χ2n) is 4.04. The van der Waals surface area contributed by atoms with E-state index in [1.54, 1.807) is 0 Å². The average molecular weight is 319 g/mol. The molecule has 0 radical (unpaired) electrons. The Hall–Kier alpha value is -1.38. The van der Waals surface area contributed by atoms with Crippen LogP contribution in [0.4, 0.5) is 0 Å². The Balaban J connectivity index is 2.13. The van der Waals surface area contributed by atoms with Gasteiger partial charge in [-0.15, -0.1) is 0 Å². The number of nitrogens with zero attached hydrogens (tertiary/aromatic N) is 1. The predicted octanol–water partition coefficient (Wildman–Crippen LogP) is 5.32. The average Bonchev–Trinajstić information content (AvgIpc) is 2.39. The van der Waals surface area contributed by atoms with Gasteiger partial charge >= 0.3 is 0 Å². The summed E-state index contributed by atoms with van der Waals surface area (Å²) < 4.78 is 1.07. The van der Waals surface area contributed by atoms with Crippen molar-refractivity contribution in [1.29, 1.82) is 0 Å². The molecule has 2 aromatic carbocycles. The third-order valence-corrected chi connectivity index (χ3v) is 3.54. The quantitative estimate of drug-likeness (QED) is 0.592. The Morgan fingerprint density at radius 1 is 0.889 bits per heavy atom. The van der Waals surface area contributed by atoms with Crippen molar-refractivity contribution in [2.24, 2.45) is 0 Å². The largest absolute Gasteiger partial charge is 0.248 e. The van der Waals surface area contributed by atoms with Crippen molar-refractivity contribution in [2.45, 2.75) is 0 Å². The molecule has 0 bridgehead atoms. The van der Waals surface area contributed by atoms with Crippen LogP contribution in [-0.4, -0.2) is 4.98 Å². The molecule has 1 heterocycles. The highest BCUT2D eigenvalue weighted by atomic mass is 79.9. The van der Waals surface area contributed by atoms with Crippen molar-refractivity contribution >= 4 is 38.4 Å². The van der Waals surface area contributed by atoms with Crippen LogP contribution in [0.5, 0.6) is 0 Å². The summed E-state index contributed by atoms with van der Waals surface area (Å²) in [5, 5.41) is 1.87. The van der Waals surface area contributed by atoms with Crippen molar-refractivity contribution < 1.29 is 0 Å². The summed E-state index contributed by atoms with van der Waals surface area (Å²) in [4.78, 5) is 4.65. The summed E-state index contributed by atoms with van der Waals surface area (Å²) in [6.45, 7) is 0. The maximum absolute atomic E-state index is 5.89. The molecule has 0 N–H and O–H groups in total. The van der Waals surface area contributed by atoms with Crippen LogP contribution in [0.2, 0.25) is 5.02 Å². The lowest BCUT2D eigenvalue weighted by Gasteiger charge is -2.04. The number of halogens is 2. The maximum atomic E-state index is 5.89. The maximum Gasteiger partial charge on any atom is 0.0710 e. The van der Waals surface area contributed by atoms with E-state index in [4.69, 9.17) is 11.6 Å². The van der Waals surface area contributed by atoms with Gasteiger partial charge in [0.2, 0.25) is 0 Å². The molecule has 18 heavy (non-hydrogen) atoms. The molecule has 1 nitrogen and oxygen atoms in total. The van der Waals surface area contributed by atoms with Gasteiger partial charge in [-0.25, -0.2) is 4.98 Å². The van der Waals surface area contributed by atoms with Gasteiger partial charge in [0.1, 0.15) is 0 Å². The SMILES string of the molecule is Clc1ccc(-c2ccc3cc(Br)ccc3n2)cc1. The summed E-state index contributed by atoms with van der Waals surface area (Å²) in [5.41, 5.74) is 3.02. The molecule has 0 unspecified atom stereocenters. The zero-order valence-corrected chi connectivity index (χ0v) is 11.7. The van der Waals surface area contributed by atoms with Crippen LogP contribution in [-0.2, 0) is 0 Å². The fourth-order valence-electron chi connectivity index (χ4n) is 1.88. The van der Waals surface area contributed by atoms with Crippen LogP contribution in [0.1, 0.15) is 0 Å². The number of hydrogen-bond acceptors (Lipinski definition) is 1. The lowest BCUT2D eigenvalue weighted by molar-refractivity contribution is 1.40. The van der Waals surface area contributed by atoms with Crippen molar-refractivity contribution in [2.75, 3.05) is 0 Å². The summed E-state index contributed by atoms with van der Waals surface area (Å²) in [7, 11) is 0. The molecule has 0 aliphatic rings. The first-order chi connectivity index (χ1) is 8.72. The normalized spacial score (nSPS) is 10.8. The minimum atomic E-state index is 0.739. The summed E-state index contributed by atoms with van der Waals surface area (Å²) in [6.07, 6.45) is 0. The number of fused-ring (bicyclic) bond motifs is 1. The summed E-state index contributed by atoms with van der Waals surface area (Å²) in [5.74, 6) is 0. The van der Waals surface area contributed by atoms with Gasteiger partial charge in [0.15, 0.2) is 0 Å². The van der Waals surface area contributed by atoms with Gasteiger partial charge in [-0.05, 0) is 36.4 Å². The first-order valence-corrected chi connectivity index (χ1v) is 6.72. The van der Waals surface area contributed by atoms with Gasteiger partial charge in [-0.1, -0.05) is 45.7 Å². The highest BCUT2D eigenvalue weighted by molar-refractivity contribution is 9.10. The van der Waals surface area contributed by atoms with Crippen LogP contribution >= 0.6 is 27.5 Å². The number of hydrogen-bond donors (Lipinski definition) is 0. The molecule has 0 amide bonds. The summed E-state index contributed by atoms with van der Waals surface area (Å²) >= 11 is 9.35. The minimum Gasteiger partial charge on any atom is -0.248 e. The third kappa shape index (κ3) is 2.26. The fourth-order valence-corrected chi connectivity index (χ4v) is 2.38. The number of rotatable bonds is 1. The predicted molar refractivity (Wildman–Crippen MR) is 79.9 cm³/mol. The standard InChI is InChI=1S/C15H9BrClN/c16-12-4-8-15-11(9-12)3-7-14(18-15)10-1-5-13(17)6-2-10/h1-9H. The molecular formula is C15H9BrClN. The Labute approximate surface area is 119 Å². The van der Waals surface area contributed by atoms with Gasteiger partial charge in [-0.2, -0.15) is 0 Å². The monoisotopic (exact) mass is 317 g/mol. The molecule has 1 aromatic heterocycles. The van der Waals surface area contributed by atoms with Crippen molar-refractivity contribution in [3.8, 4) is 11.3 Å². The lowest BCUT2D eigenvalue weighted by Crippen LogP contribution is -1.85. The van der Waals surface area contributed by atoms with Crippen molar-refractivity contribution in [3.05, 3.63) is 64.1 Å². The zero-order chi connectivity index (χ0) is 12.5. The van der Waals surface area contributed by atoms with E-state index in [9.17, 15) is 0 Å². The first kappa shape index (κ1) is 11.7. The zero-order valence-electron chi connectivity index (χ0n) is 9.40. The van der Waals surface area contributed by atoms with Crippen molar-refractivity contribution in [3.63, 3.8) is 0 Å². The Morgan fingerprint density at radius 2 is 1.67 bits per heavy atom. The Kier molecular flexibility index (Phi) is 3.06. The fraction of sp³-hybridized carbons (Fsp3) is 0. The van der Waals surface area contributed by atoms with Crippen LogP contribution in [0.3, 0.4) is 0 Å². The second-order valence-corrected chi connectivity index (χ2v) is 5.39. The van der Waals surface area contributed by atoms with E-state index in [2.05, 4.69) is 33.0 Å². The molecule has 0 atom stereocenters. The minimum absolute atomic E-state index is 0.739. The van der Waals surface area contributed by atoms with E-state index < -0.39 is 0 Å². The van der Waals surface area contributed by atoms with Gasteiger partial charge < -0.3 is 0 Å². The molecule has 0 saturated heterocycles. The van der Waals surface area contributed by atoms with E-state index in [-0.39, 0.29) is 0 Å². The van der Waals surface area contributed by atoms with E-state index in [1.165, 1.54) is 0 Å². The van der Waals surface area contributed by atoms with Crippen LogP contribution in [0.25, 0.3) is 22.2 Å². The molecule has 0 saturated carbocycles. The smallest absolute Gasteiger partial charge is 0.0710 e. The third-order valence-electron chi connectivity index (χ3n) is 2.79. The highest BCUT2D eigenvalue weighted by Gasteiger charge is 2.02. The molecular weight excluding hydrogens is 310 g/mol. The Bertz CT molecular complexity index is 707. The van der Waals surface area contributed by atoms with Crippen molar-refractivity contribution in [1.82, 2.24) is 4.98 Å². The van der Waals surface area contributed by atoms with Crippen LogP contribution in [0, 0.1) is 0 Å². The number of aromatic nitrogens is 1. The van der Waals surface area contributed by atoms with Gasteiger partial charge in [0.25, 0.3) is 0 Å². The first-order valence-electron chi connectivity index (χ1n) is 5.55. The van der Waals surface area contributed by atoms with E-state index in [1.807, 2.05) is 42.5 Å². The summed E-state index contributed by atoms with van der Waals surface area (Å²) in [6, 6.07) is 17.9. The molecule has 3 rings (SSSR count). The van der Waals surface area contributed by atoms with Crippen LogP contribution < -0.4 is 0 Å². The number of benzene rings is 2. The topological polar surface area (TPSA) is 12.9 Å². The van der Waals surface area contributed by atoms with Gasteiger partial charge in [0, 0.05) is 20.4 Å². The molecule has 0 aliphatic heterocycles. The molecule has 3 heteroatoms. The molecule has 3 aromatic rings. The van der Waals surface area contributed by atoms with Gasteiger partial charge in [-0.3, -0.25) is 0 Å². The van der Waals surface area contributed by atoms with Gasteiger partial charge in [0.05, 0.1) is 11.2 Å². The number of pyridine rings is 1. The molecule has 0 aliphatic carbocycles. The second kappa shape index (κ2) is 4.71. The Morgan fingerprint density at radius 3 is 2.44 bits per heavy atom. The van der Waals surface area contributed by atoms with Crippen LogP contribution in [0.15, 0.2) is 59.1 Å².